The van der Waals surface area contributed by atoms with E-state index < -0.39 is 0 Å². The predicted molar refractivity (Wildman–Crippen MR) is 138 cm³/mol. The first-order valence-corrected chi connectivity index (χ1v) is 12.3. The van der Waals surface area contributed by atoms with Crippen LogP contribution in [0.4, 0.5) is 4.39 Å². The number of carbonyl (C=O) groups is 1. The highest BCUT2D eigenvalue weighted by molar-refractivity contribution is 5.78. The van der Waals surface area contributed by atoms with Crippen LogP contribution in [-0.4, -0.2) is 38.7 Å². The number of nitrogens with zero attached hydrogens (tertiary/aromatic N) is 4. The van der Waals surface area contributed by atoms with Crippen molar-refractivity contribution < 1.29 is 9.18 Å². The number of hydrogen-bond donors (Lipinski definition) is 1. The van der Waals surface area contributed by atoms with Gasteiger partial charge in [0.25, 0.3) is 0 Å². The van der Waals surface area contributed by atoms with E-state index in [1.165, 1.54) is 34.4 Å². The molecule has 0 aliphatic carbocycles. The summed E-state index contributed by atoms with van der Waals surface area (Å²) in [6, 6.07) is 23.4. The van der Waals surface area contributed by atoms with Crippen LogP contribution in [0.15, 0.2) is 72.8 Å². The third kappa shape index (κ3) is 5.69. The normalized spacial score (nSPS) is 13.7. The third-order valence-corrected chi connectivity index (χ3v) is 6.68. The van der Waals surface area contributed by atoms with Gasteiger partial charge in [-0.05, 0) is 52.9 Å². The molecule has 0 fully saturated rings. The Hall–Kier alpha value is -3.84. The molecule has 1 aromatic heterocycles. The minimum absolute atomic E-state index is 0.133. The van der Waals surface area contributed by atoms with Crippen molar-refractivity contribution in [3.05, 3.63) is 107 Å². The molecular formula is C29H30FN5O. The molecule has 6 nitrogen and oxygen atoms in total. The Morgan fingerprint density at radius 1 is 0.944 bits per heavy atom. The number of aromatic nitrogens is 3. The summed E-state index contributed by atoms with van der Waals surface area (Å²) in [4.78, 5) is 14.8. The van der Waals surface area contributed by atoms with Gasteiger partial charge in [-0.15, -0.1) is 10.2 Å². The van der Waals surface area contributed by atoms with Crippen molar-refractivity contribution >= 4 is 5.91 Å². The summed E-state index contributed by atoms with van der Waals surface area (Å²) in [5.74, 6) is 1.19. The number of rotatable bonds is 7. The number of aryl methyl sites for hydroxylation is 1. The molecule has 1 amide bonds. The van der Waals surface area contributed by atoms with Crippen molar-refractivity contribution in [3.63, 3.8) is 0 Å². The first-order chi connectivity index (χ1) is 17.5. The van der Waals surface area contributed by atoms with Gasteiger partial charge in [0, 0.05) is 32.6 Å². The van der Waals surface area contributed by atoms with Crippen molar-refractivity contribution in [2.75, 3.05) is 13.1 Å². The second kappa shape index (κ2) is 10.8. The van der Waals surface area contributed by atoms with Crippen LogP contribution in [-0.2, 0) is 37.3 Å². The topological polar surface area (TPSA) is 63.1 Å². The highest BCUT2D eigenvalue weighted by Crippen LogP contribution is 2.24. The van der Waals surface area contributed by atoms with E-state index in [1.54, 1.807) is 12.1 Å². The number of carbonyl (C=O) groups excluding carboxylic acids is 1. The zero-order valence-corrected chi connectivity index (χ0v) is 20.5. The van der Waals surface area contributed by atoms with Crippen molar-refractivity contribution in [1.82, 2.24) is 25.0 Å². The second-order valence-electron chi connectivity index (χ2n) is 9.31. The minimum atomic E-state index is -0.338. The van der Waals surface area contributed by atoms with E-state index in [1.807, 2.05) is 0 Å². The lowest BCUT2D eigenvalue weighted by Gasteiger charge is -2.20. The summed E-state index contributed by atoms with van der Waals surface area (Å²) in [5.41, 5.74) is 5.73. The number of hydrogen-bond acceptors (Lipinski definition) is 4. The smallest absolute Gasteiger partial charge is 0.224 e. The quantitative estimate of drug-likeness (QED) is 0.426. The summed E-state index contributed by atoms with van der Waals surface area (Å²) in [6.45, 7) is 5.88. The molecule has 184 valence electrons. The molecule has 4 aromatic rings. The molecule has 1 N–H and O–H groups in total. The summed E-state index contributed by atoms with van der Waals surface area (Å²) in [5, 5.41) is 11.6. The summed E-state index contributed by atoms with van der Waals surface area (Å²) in [6.07, 6.45) is 0.940. The fourth-order valence-corrected chi connectivity index (χ4v) is 4.78. The van der Waals surface area contributed by atoms with Crippen molar-refractivity contribution in [2.45, 2.75) is 39.4 Å². The van der Waals surface area contributed by atoms with Gasteiger partial charge in [-0.3, -0.25) is 9.69 Å². The van der Waals surface area contributed by atoms with Crippen LogP contribution < -0.4 is 5.32 Å². The molecule has 5 rings (SSSR count). The lowest BCUT2D eigenvalue weighted by atomic mass is 9.99. The van der Waals surface area contributed by atoms with Gasteiger partial charge in [0.05, 0.1) is 13.0 Å². The van der Waals surface area contributed by atoms with Crippen LogP contribution in [0, 0.1) is 12.7 Å². The van der Waals surface area contributed by atoms with Gasteiger partial charge in [0.2, 0.25) is 5.91 Å². The number of fused-ring (bicyclic) bond motifs is 1. The second-order valence-corrected chi connectivity index (χ2v) is 9.31. The van der Waals surface area contributed by atoms with E-state index in [-0.39, 0.29) is 18.1 Å². The standard InChI is InChI=1S/C29H30FN5O/c1-21-6-2-3-11-26(21)24-9-4-8-23(16-24)20-34-13-12-27-32-33-28(35(27)15-14-34)19-31-29(36)18-22-7-5-10-25(30)17-22/h2-11,16-17H,12-15,18-20H2,1H3,(H,31,36). The molecule has 0 radical (unpaired) electrons. The van der Waals surface area contributed by atoms with Crippen LogP contribution >= 0.6 is 0 Å². The number of amides is 1. The summed E-state index contributed by atoms with van der Waals surface area (Å²) >= 11 is 0. The van der Waals surface area contributed by atoms with E-state index in [0.29, 0.717) is 12.1 Å². The number of nitrogens with one attached hydrogen (secondary N) is 1. The van der Waals surface area contributed by atoms with Gasteiger partial charge >= 0.3 is 0 Å². The Morgan fingerprint density at radius 2 is 1.78 bits per heavy atom. The Labute approximate surface area is 210 Å². The van der Waals surface area contributed by atoms with E-state index in [2.05, 4.69) is 80.4 Å². The minimum Gasteiger partial charge on any atom is -0.349 e. The Bertz CT molecular complexity index is 1370. The fourth-order valence-electron chi connectivity index (χ4n) is 4.78. The van der Waals surface area contributed by atoms with Crippen LogP contribution in [0.2, 0.25) is 0 Å². The largest absolute Gasteiger partial charge is 0.349 e. The zero-order valence-electron chi connectivity index (χ0n) is 20.5. The van der Waals surface area contributed by atoms with Gasteiger partial charge in [0.1, 0.15) is 11.6 Å². The molecule has 2 heterocycles. The summed E-state index contributed by atoms with van der Waals surface area (Å²) < 4.78 is 15.5. The first-order valence-electron chi connectivity index (χ1n) is 12.3. The SMILES string of the molecule is Cc1ccccc1-c1cccc(CN2CCc3nnc(CNC(=O)Cc4cccc(F)c4)n3CC2)c1. The summed E-state index contributed by atoms with van der Waals surface area (Å²) in [7, 11) is 0. The van der Waals surface area contributed by atoms with Crippen LogP contribution in [0.5, 0.6) is 0 Å². The molecule has 0 atom stereocenters. The molecule has 0 saturated carbocycles. The third-order valence-electron chi connectivity index (χ3n) is 6.68. The van der Waals surface area contributed by atoms with Gasteiger partial charge in [-0.2, -0.15) is 0 Å². The van der Waals surface area contributed by atoms with Crippen LogP contribution in [0.25, 0.3) is 11.1 Å². The fraction of sp³-hybridized carbons (Fsp3) is 0.276. The first kappa shape index (κ1) is 23.9. The number of benzene rings is 3. The Balaban J connectivity index is 1.19. The average Bonchev–Trinajstić information content (AvgIpc) is 3.15. The lowest BCUT2D eigenvalue weighted by molar-refractivity contribution is -0.120. The van der Waals surface area contributed by atoms with Crippen molar-refractivity contribution in [2.24, 2.45) is 0 Å². The van der Waals surface area contributed by atoms with Crippen LogP contribution in [0.3, 0.4) is 0 Å². The molecule has 7 heteroatoms. The van der Waals surface area contributed by atoms with Crippen molar-refractivity contribution in [1.29, 1.82) is 0 Å². The Kier molecular flexibility index (Phi) is 7.18. The molecule has 0 saturated heterocycles. The van der Waals surface area contributed by atoms with E-state index in [9.17, 15) is 9.18 Å². The highest BCUT2D eigenvalue weighted by atomic mass is 19.1. The molecule has 36 heavy (non-hydrogen) atoms. The van der Waals surface area contributed by atoms with E-state index in [4.69, 9.17) is 0 Å². The molecule has 3 aromatic carbocycles. The lowest BCUT2D eigenvalue weighted by Crippen LogP contribution is -2.28. The van der Waals surface area contributed by atoms with Gasteiger partial charge < -0.3 is 9.88 Å². The Morgan fingerprint density at radius 3 is 2.64 bits per heavy atom. The van der Waals surface area contributed by atoms with Gasteiger partial charge in [-0.25, -0.2) is 4.39 Å². The number of halogens is 1. The molecule has 0 bridgehead atoms. The van der Waals surface area contributed by atoms with Crippen molar-refractivity contribution in [3.8, 4) is 11.1 Å². The molecule has 1 aliphatic rings. The van der Waals surface area contributed by atoms with Gasteiger partial charge in [-0.1, -0.05) is 54.6 Å². The molecule has 0 spiro atoms. The molecular weight excluding hydrogens is 453 g/mol. The average molecular weight is 484 g/mol. The maximum Gasteiger partial charge on any atom is 0.224 e. The predicted octanol–water partition coefficient (Wildman–Crippen LogP) is 4.31. The van der Waals surface area contributed by atoms with Gasteiger partial charge in [0.15, 0.2) is 5.82 Å². The monoisotopic (exact) mass is 483 g/mol. The zero-order chi connectivity index (χ0) is 24.9. The van der Waals surface area contributed by atoms with Crippen LogP contribution in [0.1, 0.15) is 28.3 Å². The maximum atomic E-state index is 13.4. The molecule has 0 unspecified atom stereocenters. The van der Waals surface area contributed by atoms with E-state index >= 15 is 0 Å². The maximum absolute atomic E-state index is 13.4. The van der Waals surface area contributed by atoms with E-state index in [0.717, 1.165) is 44.2 Å². The molecule has 1 aliphatic heterocycles. The highest BCUT2D eigenvalue weighted by Gasteiger charge is 2.19.